The first-order chi connectivity index (χ1) is 11.7. The highest BCUT2D eigenvalue weighted by molar-refractivity contribution is 6.01. The Labute approximate surface area is 144 Å². The monoisotopic (exact) mass is 325 g/mol. The fraction of sp³-hybridized carbons (Fsp3) is 0.450. The first kappa shape index (κ1) is 16.8. The van der Waals surface area contributed by atoms with Crippen molar-refractivity contribution < 1.29 is 4.79 Å². The number of amides is 2. The third-order valence-electron chi connectivity index (χ3n) is 5.02. The Hall–Kier alpha value is -2.07. The van der Waals surface area contributed by atoms with Crippen LogP contribution in [-0.2, 0) is 0 Å². The SMILES string of the molecule is CCN(CC)CC1CCN(C(=O)Nc2cccc3ccccc23)C1. The topological polar surface area (TPSA) is 35.6 Å². The summed E-state index contributed by atoms with van der Waals surface area (Å²) in [5.41, 5.74) is 0.894. The molecule has 0 saturated carbocycles. The summed E-state index contributed by atoms with van der Waals surface area (Å²) >= 11 is 0. The first-order valence-corrected chi connectivity index (χ1v) is 8.97. The second-order valence-corrected chi connectivity index (χ2v) is 6.54. The van der Waals surface area contributed by atoms with E-state index < -0.39 is 0 Å². The van der Waals surface area contributed by atoms with Crippen LogP contribution in [0.25, 0.3) is 10.8 Å². The van der Waals surface area contributed by atoms with Gasteiger partial charge in [-0.15, -0.1) is 0 Å². The van der Waals surface area contributed by atoms with Crippen LogP contribution < -0.4 is 5.32 Å². The highest BCUT2D eigenvalue weighted by atomic mass is 16.2. The molecule has 1 saturated heterocycles. The molecule has 1 N–H and O–H groups in total. The number of anilines is 1. The van der Waals surface area contributed by atoms with Gasteiger partial charge in [0.15, 0.2) is 0 Å². The highest BCUT2D eigenvalue weighted by Gasteiger charge is 2.27. The largest absolute Gasteiger partial charge is 0.324 e. The van der Waals surface area contributed by atoms with Gasteiger partial charge in [0.2, 0.25) is 0 Å². The molecule has 3 rings (SSSR count). The predicted octanol–water partition coefficient (Wildman–Crippen LogP) is 4.04. The molecule has 2 amide bonds. The van der Waals surface area contributed by atoms with Gasteiger partial charge in [0, 0.05) is 25.0 Å². The van der Waals surface area contributed by atoms with Crippen LogP contribution >= 0.6 is 0 Å². The summed E-state index contributed by atoms with van der Waals surface area (Å²) in [7, 11) is 0. The van der Waals surface area contributed by atoms with Crippen molar-refractivity contribution in [2.24, 2.45) is 5.92 Å². The number of hydrogen-bond acceptors (Lipinski definition) is 2. The number of nitrogens with one attached hydrogen (secondary N) is 1. The number of rotatable bonds is 5. The molecule has 128 valence electrons. The van der Waals surface area contributed by atoms with E-state index in [0.717, 1.165) is 55.6 Å². The Morgan fingerprint density at radius 3 is 2.71 bits per heavy atom. The predicted molar refractivity (Wildman–Crippen MR) is 100 cm³/mol. The van der Waals surface area contributed by atoms with Gasteiger partial charge in [0.1, 0.15) is 0 Å². The fourth-order valence-electron chi connectivity index (χ4n) is 3.54. The van der Waals surface area contributed by atoms with E-state index in [9.17, 15) is 4.79 Å². The van der Waals surface area contributed by atoms with Crippen LogP contribution in [0.5, 0.6) is 0 Å². The number of carbonyl (C=O) groups is 1. The normalized spacial score (nSPS) is 17.6. The molecular formula is C20H27N3O. The van der Waals surface area contributed by atoms with E-state index in [1.54, 1.807) is 0 Å². The van der Waals surface area contributed by atoms with E-state index in [-0.39, 0.29) is 6.03 Å². The van der Waals surface area contributed by atoms with Gasteiger partial charge in [-0.2, -0.15) is 0 Å². The summed E-state index contributed by atoms with van der Waals surface area (Å²) in [4.78, 5) is 17.0. The number of hydrogen-bond donors (Lipinski definition) is 1. The summed E-state index contributed by atoms with van der Waals surface area (Å²) in [6.07, 6.45) is 1.10. The van der Waals surface area contributed by atoms with E-state index in [0.29, 0.717) is 5.92 Å². The summed E-state index contributed by atoms with van der Waals surface area (Å²) in [6, 6.07) is 14.2. The van der Waals surface area contributed by atoms with Crippen molar-refractivity contribution >= 4 is 22.5 Å². The maximum Gasteiger partial charge on any atom is 0.321 e. The summed E-state index contributed by atoms with van der Waals surface area (Å²) in [5.74, 6) is 0.586. The number of nitrogens with zero attached hydrogens (tertiary/aromatic N) is 2. The number of carbonyl (C=O) groups excluding carboxylic acids is 1. The Balaban J connectivity index is 1.63. The molecule has 4 nitrogen and oxygen atoms in total. The molecule has 4 heteroatoms. The molecule has 0 radical (unpaired) electrons. The lowest BCUT2D eigenvalue weighted by Crippen LogP contribution is -2.35. The zero-order valence-corrected chi connectivity index (χ0v) is 14.7. The van der Waals surface area contributed by atoms with Gasteiger partial charge in [-0.25, -0.2) is 4.79 Å². The van der Waals surface area contributed by atoms with Crippen molar-refractivity contribution in [3.8, 4) is 0 Å². The Morgan fingerprint density at radius 1 is 1.17 bits per heavy atom. The van der Waals surface area contributed by atoms with Gasteiger partial charge in [0.25, 0.3) is 0 Å². The van der Waals surface area contributed by atoms with Crippen molar-refractivity contribution in [1.82, 2.24) is 9.80 Å². The minimum atomic E-state index is 0.0217. The number of likely N-dealkylation sites (tertiary alicyclic amines) is 1. The van der Waals surface area contributed by atoms with Gasteiger partial charge in [0.05, 0.1) is 5.69 Å². The lowest BCUT2D eigenvalue weighted by Gasteiger charge is -2.23. The van der Waals surface area contributed by atoms with Crippen molar-refractivity contribution in [2.45, 2.75) is 20.3 Å². The Morgan fingerprint density at radius 2 is 1.92 bits per heavy atom. The molecule has 1 fully saturated rings. The van der Waals surface area contributed by atoms with Crippen molar-refractivity contribution in [1.29, 1.82) is 0 Å². The molecule has 0 spiro atoms. The molecule has 1 atom stereocenters. The van der Waals surface area contributed by atoms with Crippen LogP contribution in [0.4, 0.5) is 10.5 Å². The molecule has 1 aliphatic rings. The second kappa shape index (κ2) is 7.67. The molecule has 1 heterocycles. The van der Waals surface area contributed by atoms with E-state index >= 15 is 0 Å². The van der Waals surface area contributed by atoms with Crippen LogP contribution in [0.1, 0.15) is 20.3 Å². The summed E-state index contributed by atoms with van der Waals surface area (Å²) in [6.45, 7) is 9.35. The lowest BCUT2D eigenvalue weighted by molar-refractivity contribution is 0.215. The first-order valence-electron chi connectivity index (χ1n) is 8.97. The second-order valence-electron chi connectivity index (χ2n) is 6.54. The average molecular weight is 325 g/mol. The van der Waals surface area contributed by atoms with Gasteiger partial charge in [-0.1, -0.05) is 50.2 Å². The summed E-state index contributed by atoms with van der Waals surface area (Å²) in [5, 5.41) is 5.34. The lowest BCUT2D eigenvalue weighted by atomic mass is 10.1. The quantitative estimate of drug-likeness (QED) is 0.900. The van der Waals surface area contributed by atoms with E-state index in [1.165, 1.54) is 0 Å². The van der Waals surface area contributed by atoms with Gasteiger partial charge in [-0.05, 0) is 36.9 Å². The van der Waals surface area contributed by atoms with Crippen LogP contribution in [0.2, 0.25) is 0 Å². The van der Waals surface area contributed by atoms with E-state index in [4.69, 9.17) is 0 Å². The Kier molecular flexibility index (Phi) is 5.36. The average Bonchev–Trinajstić information content (AvgIpc) is 3.09. The number of fused-ring (bicyclic) bond motifs is 1. The molecule has 0 aliphatic carbocycles. The third-order valence-corrected chi connectivity index (χ3v) is 5.02. The van der Waals surface area contributed by atoms with Crippen LogP contribution in [0, 0.1) is 5.92 Å². The van der Waals surface area contributed by atoms with Crippen LogP contribution in [0.15, 0.2) is 42.5 Å². The van der Waals surface area contributed by atoms with Gasteiger partial charge >= 0.3 is 6.03 Å². The molecule has 24 heavy (non-hydrogen) atoms. The van der Waals surface area contributed by atoms with Crippen molar-refractivity contribution in [2.75, 3.05) is 38.0 Å². The van der Waals surface area contributed by atoms with E-state index in [2.05, 4.69) is 42.3 Å². The molecule has 0 bridgehead atoms. The summed E-state index contributed by atoms with van der Waals surface area (Å²) < 4.78 is 0. The van der Waals surface area contributed by atoms with Crippen LogP contribution in [-0.4, -0.2) is 48.6 Å². The molecule has 1 aliphatic heterocycles. The third kappa shape index (κ3) is 3.70. The molecular weight excluding hydrogens is 298 g/mol. The fourth-order valence-corrected chi connectivity index (χ4v) is 3.54. The van der Waals surface area contributed by atoms with Crippen LogP contribution in [0.3, 0.4) is 0 Å². The highest BCUT2D eigenvalue weighted by Crippen LogP contribution is 2.24. The molecule has 2 aromatic rings. The smallest absolute Gasteiger partial charge is 0.321 e. The number of urea groups is 1. The van der Waals surface area contributed by atoms with Gasteiger partial charge < -0.3 is 15.1 Å². The minimum absolute atomic E-state index is 0.0217. The van der Waals surface area contributed by atoms with Gasteiger partial charge in [-0.3, -0.25) is 0 Å². The maximum absolute atomic E-state index is 12.6. The van der Waals surface area contributed by atoms with E-state index in [1.807, 2.05) is 29.2 Å². The molecule has 0 aromatic heterocycles. The van der Waals surface area contributed by atoms with Crippen molar-refractivity contribution in [3.63, 3.8) is 0 Å². The maximum atomic E-state index is 12.6. The van der Waals surface area contributed by atoms with Crippen molar-refractivity contribution in [3.05, 3.63) is 42.5 Å². The molecule has 2 aromatic carbocycles. The number of benzene rings is 2. The zero-order chi connectivity index (χ0) is 16.9. The minimum Gasteiger partial charge on any atom is -0.324 e. The Bertz CT molecular complexity index is 691. The zero-order valence-electron chi connectivity index (χ0n) is 14.7. The standard InChI is InChI=1S/C20H27N3O/c1-3-22(4-2)14-16-12-13-23(15-16)20(24)21-19-11-7-9-17-8-5-6-10-18(17)19/h5-11,16H,3-4,12-15H2,1-2H3,(H,21,24). The molecule has 1 unspecified atom stereocenters.